The number of nitrogens with zero attached hydrogens (tertiary/aromatic N) is 1. The number of fused-ring (bicyclic) bond motifs is 1. The lowest BCUT2D eigenvalue weighted by Crippen LogP contribution is -2.23. The van der Waals surface area contributed by atoms with Crippen molar-refractivity contribution in [2.45, 2.75) is 0 Å². The minimum absolute atomic E-state index is 0.116. The van der Waals surface area contributed by atoms with E-state index in [9.17, 15) is 4.79 Å². The monoisotopic (exact) mass is 325 g/mol. The number of hydrogen-bond acceptors (Lipinski definition) is 4. The number of carbonyl (C=O) groups excluding carboxylic acids is 1. The molecule has 0 bridgehead atoms. The van der Waals surface area contributed by atoms with Crippen LogP contribution in [-0.2, 0) is 4.79 Å². The molecule has 0 aliphatic carbocycles. The summed E-state index contributed by atoms with van der Waals surface area (Å²) < 4.78 is 16.5. The fraction of sp³-hybridized carbons (Fsp3) is 0.211. The maximum absolute atomic E-state index is 12.3. The highest BCUT2D eigenvalue weighted by atomic mass is 16.6. The zero-order chi connectivity index (χ0) is 16.9. The van der Waals surface area contributed by atoms with E-state index in [-0.39, 0.29) is 5.91 Å². The van der Waals surface area contributed by atoms with Crippen LogP contribution in [0.2, 0.25) is 0 Å². The van der Waals surface area contributed by atoms with Crippen molar-refractivity contribution in [1.82, 2.24) is 0 Å². The van der Waals surface area contributed by atoms with Crippen LogP contribution in [0.25, 0.3) is 6.08 Å². The van der Waals surface area contributed by atoms with E-state index in [1.807, 2.05) is 42.5 Å². The Balaban J connectivity index is 1.80. The molecule has 0 spiro atoms. The quantitative estimate of drug-likeness (QED) is 0.810. The van der Waals surface area contributed by atoms with Gasteiger partial charge in [0, 0.05) is 18.8 Å². The number of benzene rings is 2. The van der Waals surface area contributed by atoms with E-state index in [2.05, 4.69) is 0 Å². The van der Waals surface area contributed by atoms with Crippen molar-refractivity contribution in [3.05, 3.63) is 54.1 Å². The van der Waals surface area contributed by atoms with Crippen molar-refractivity contribution < 1.29 is 19.0 Å². The van der Waals surface area contributed by atoms with Gasteiger partial charge in [0.05, 0.1) is 7.11 Å². The molecule has 5 heteroatoms. The van der Waals surface area contributed by atoms with Gasteiger partial charge >= 0.3 is 0 Å². The minimum Gasteiger partial charge on any atom is -0.493 e. The fourth-order valence-corrected chi connectivity index (χ4v) is 2.45. The molecule has 1 aliphatic rings. The lowest BCUT2D eigenvalue weighted by atomic mass is 10.1. The first-order chi connectivity index (χ1) is 11.7. The number of para-hydroxylation sites is 1. The second-order valence-corrected chi connectivity index (χ2v) is 5.31. The second-order valence-electron chi connectivity index (χ2n) is 5.31. The van der Waals surface area contributed by atoms with Crippen LogP contribution in [0.1, 0.15) is 5.56 Å². The Morgan fingerprint density at radius 1 is 1.17 bits per heavy atom. The Morgan fingerprint density at radius 2 is 1.92 bits per heavy atom. The summed E-state index contributed by atoms with van der Waals surface area (Å²) in [6, 6.07) is 13.1. The molecule has 124 valence electrons. The zero-order valence-corrected chi connectivity index (χ0v) is 13.7. The molecule has 3 rings (SSSR count). The van der Waals surface area contributed by atoms with Crippen molar-refractivity contribution in [1.29, 1.82) is 0 Å². The van der Waals surface area contributed by atoms with Crippen molar-refractivity contribution in [2.75, 3.05) is 32.3 Å². The molecule has 0 radical (unpaired) electrons. The summed E-state index contributed by atoms with van der Waals surface area (Å²) >= 11 is 0. The SMILES string of the molecule is COc1cc(/C=C/C(=O)N(C)c2ccccc2)cc2c1OCCO2. The molecular weight excluding hydrogens is 306 g/mol. The number of rotatable bonds is 4. The molecule has 5 nitrogen and oxygen atoms in total. The molecule has 24 heavy (non-hydrogen) atoms. The number of methoxy groups -OCH3 is 1. The molecule has 0 unspecified atom stereocenters. The summed E-state index contributed by atoms with van der Waals surface area (Å²) in [5.41, 5.74) is 1.65. The van der Waals surface area contributed by atoms with Gasteiger partial charge in [-0.05, 0) is 35.9 Å². The van der Waals surface area contributed by atoms with Gasteiger partial charge in [0.15, 0.2) is 11.5 Å². The highest BCUT2D eigenvalue weighted by Gasteiger charge is 2.18. The molecule has 2 aromatic rings. The summed E-state index contributed by atoms with van der Waals surface area (Å²) in [5.74, 6) is 1.71. The van der Waals surface area contributed by atoms with Crippen LogP contribution in [0.4, 0.5) is 5.69 Å². The number of amides is 1. The zero-order valence-electron chi connectivity index (χ0n) is 13.7. The van der Waals surface area contributed by atoms with Crippen LogP contribution < -0.4 is 19.1 Å². The van der Waals surface area contributed by atoms with E-state index in [0.717, 1.165) is 11.3 Å². The molecule has 0 N–H and O–H groups in total. The van der Waals surface area contributed by atoms with Gasteiger partial charge in [0.2, 0.25) is 5.75 Å². The topological polar surface area (TPSA) is 48.0 Å². The molecule has 0 saturated carbocycles. The number of ether oxygens (including phenoxy) is 3. The van der Waals surface area contributed by atoms with E-state index < -0.39 is 0 Å². The smallest absolute Gasteiger partial charge is 0.250 e. The van der Waals surface area contributed by atoms with Gasteiger partial charge in [-0.25, -0.2) is 0 Å². The molecule has 0 fully saturated rings. The standard InChI is InChI=1S/C19H19NO4/c1-20(15-6-4-3-5-7-15)18(21)9-8-14-12-16(22-2)19-17(13-14)23-10-11-24-19/h3-9,12-13H,10-11H2,1-2H3/b9-8+. The Morgan fingerprint density at radius 3 is 2.67 bits per heavy atom. The number of likely N-dealkylation sites (N-methyl/N-ethyl adjacent to an activating group) is 1. The first kappa shape index (κ1) is 15.9. The van der Waals surface area contributed by atoms with Gasteiger partial charge in [0.25, 0.3) is 5.91 Å². The summed E-state index contributed by atoms with van der Waals surface area (Å²) in [5, 5.41) is 0. The highest BCUT2D eigenvalue weighted by molar-refractivity contribution is 6.03. The summed E-state index contributed by atoms with van der Waals surface area (Å²) in [7, 11) is 3.32. The second kappa shape index (κ2) is 7.08. The fourth-order valence-electron chi connectivity index (χ4n) is 2.45. The summed E-state index contributed by atoms with van der Waals surface area (Å²) in [6.07, 6.45) is 3.26. The van der Waals surface area contributed by atoms with Crippen molar-refractivity contribution >= 4 is 17.7 Å². The molecule has 1 heterocycles. The number of anilines is 1. The maximum atomic E-state index is 12.3. The van der Waals surface area contributed by atoms with Crippen molar-refractivity contribution in [3.8, 4) is 17.2 Å². The Bertz CT molecular complexity index is 738. The van der Waals surface area contributed by atoms with Gasteiger partial charge in [-0.15, -0.1) is 0 Å². The lowest BCUT2D eigenvalue weighted by Gasteiger charge is -2.21. The van der Waals surface area contributed by atoms with Crippen LogP contribution in [0.15, 0.2) is 48.5 Å². The summed E-state index contributed by atoms with van der Waals surface area (Å²) in [6.45, 7) is 0.998. The van der Waals surface area contributed by atoms with Crippen molar-refractivity contribution in [3.63, 3.8) is 0 Å². The Hall–Kier alpha value is -2.95. The van der Waals surface area contributed by atoms with Crippen molar-refractivity contribution in [2.24, 2.45) is 0 Å². The largest absolute Gasteiger partial charge is 0.493 e. The van der Waals surface area contributed by atoms with E-state index in [4.69, 9.17) is 14.2 Å². The van der Waals surface area contributed by atoms with Gasteiger partial charge in [0.1, 0.15) is 13.2 Å². The van der Waals surface area contributed by atoms with Crippen LogP contribution in [0.5, 0.6) is 17.2 Å². The predicted molar refractivity (Wildman–Crippen MR) is 92.9 cm³/mol. The summed E-state index contributed by atoms with van der Waals surface area (Å²) in [4.78, 5) is 13.9. The minimum atomic E-state index is -0.116. The molecule has 1 amide bonds. The third kappa shape index (κ3) is 3.35. The van der Waals surface area contributed by atoms with E-state index in [0.29, 0.717) is 30.5 Å². The first-order valence-corrected chi connectivity index (χ1v) is 7.67. The molecule has 1 aliphatic heterocycles. The van der Waals surface area contributed by atoms with Crippen LogP contribution in [0, 0.1) is 0 Å². The predicted octanol–water partition coefficient (Wildman–Crippen LogP) is 3.14. The van der Waals surface area contributed by atoms with Gasteiger partial charge in [-0.3, -0.25) is 4.79 Å². The normalized spacial score (nSPS) is 12.9. The van der Waals surface area contributed by atoms with Crippen LogP contribution in [-0.4, -0.2) is 33.3 Å². The molecule has 0 atom stereocenters. The highest BCUT2D eigenvalue weighted by Crippen LogP contribution is 2.40. The lowest BCUT2D eigenvalue weighted by molar-refractivity contribution is -0.113. The van der Waals surface area contributed by atoms with Gasteiger partial charge < -0.3 is 19.1 Å². The van der Waals surface area contributed by atoms with E-state index in [1.165, 1.54) is 6.08 Å². The molecule has 2 aromatic carbocycles. The van der Waals surface area contributed by atoms with Gasteiger partial charge in [-0.2, -0.15) is 0 Å². The Kier molecular flexibility index (Phi) is 4.70. The number of carbonyl (C=O) groups is 1. The third-order valence-electron chi connectivity index (χ3n) is 3.74. The third-order valence-corrected chi connectivity index (χ3v) is 3.74. The number of hydrogen-bond donors (Lipinski definition) is 0. The van der Waals surface area contributed by atoms with Gasteiger partial charge in [-0.1, -0.05) is 18.2 Å². The molecular formula is C19H19NO4. The van der Waals surface area contributed by atoms with E-state index in [1.54, 1.807) is 25.1 Å². The average Bonchev–Trinajstić information content (AvgIpc) is 2.65. The molecule has 0 aromatic heterocycles. The Labute approximate surface area is 141 Å². The molecule has 0 saturated heterocycles. The van der Waals surface area contributed by atoms with Crippen LogP contribution >= 0.6 is 0 Å². The maximum Gasteiger partial charge on any atom is 0.250 e. The first-order valence-electron chi connectivity index (χ1n) is 7.67. The van der Waals surface area contributed by atoms with Crippen LogP contribution in [0.3, 0.4) is 0 Å². The van der Waals surface area contributed by atoms with E-state index >= 15 is 0 Å². The average molecular weight is 325 g/mol.